The molecule has 1 heterocycles. The third kappa shape index (κ3) is 5.34. The normalized spacial score (nSPS) is 11.0. The molecular formula is C27H26ClN3O2S. The molecule has 0 aliphatic rings. The van der Waals surface area contributed by atoms with E-state index in [4.69, 9.17) is 16.6 Å². The summed E-state index contributed by atoms with van der Waals surface area (Å²) in [5, 5.41) is 4.45. The molecule has 0 aliphatic carbocycles. The largest absolute Gasteiger partial charge is 0.325 e. The van der Waals surface area contributed by atoms with Gasteiger partial charge in [-0.15, -0.1) is 0 Å². The van der Waals surface area contributed by atoms with Gasteiger partial charge in [0.1, 0.15) is 0 Å². The summed E-state index contributed by atoms with van der Waals surface area (Å²) in [6.45, 7) is 4.04. The van der Waals surface area contributed by atoms with Crippen molar-refractivity contribution in [2.45, 2.75) is 38.3 Å². The van der Waals surface area contributed by atoms with Gasteiger partial charge in [0, 0.05) is 10.7 Å². The minimum absolute atomic E-state index is 0.113. The van der Waals surface area contributed by atoms with E-state index in [0.717, 1.165) is 30.5 Å². The van der Waals surface area contributed by atoms with E-state index < -0.39 is 0 Å². The van der Waals surface area contributed by atoms with E-state index in [1.807, 2.05) is 49.4 Å². The zero-order valence-electron chi connectivity index (χ0n) is 19.2. The van der Waals surface area contributed by atoms with Gasteiger partial charge in [0.2, 0.25) is 5.91 Å². The summed E-state index contributed by atoms with van der Waals surface area (Å²) in [5.74, 6) is -0.0507. The molecule has 34 heavy (non-hydrogen) atoms. The first-order valence-corrected chi connectivity index (χ1v) is 12.6. The SMILES string of the molecule is CCCCc1ccc(NC(=O)CSc2nc3ccccc3c(=O)n2-c2cccc(Cl)c2C)cc1. The van der Waals surface area contributed by atoms with Gasteiger partial charge in [-0.3, -0.25) is 14.2 Å². The fourth-order valence-electron chi connectivity index (χ4n) is 3.72. The molecule has 1 amide bonds. The van der Waals surface area contributed by atoms with Gasteiger partial charge in [-0.05, 0) is 67.3 Å². The second-order valence-electron chi connectivity index (χ2n) is 8.07. The molecule has 0 fully saturated rings. The second kappa shape index (κ2) is 10.9. The fraction of sp³-hybridized carbons (Fsp3) is 0.222. The Kier molecular flexibility index (Phi) is 7.70. The Labute approximate surface area is 208 Å². The maximum absolute atomic E-state index is 13.4. The smallest absolute Gasteiger partial charge is 0.266 e. The predicted molar refractivity (Wildman–Crippen MR) is 141 cm³/mol. The highest BCUT2D eigenvalue weighted by Gasteiger charge is 2.17. The van der Waals surface area contributed by atoms with Gasteiger partial charge >= 0.3 is 0 Å². The number of benzene rings is 3. The molecule has 0 spiro atoms. The predicted octanol–water partition coefficient (Wildman–Crippen LogP) is 6.42. The van der Waals surface area contributed by atoms with Gasteiger partial charge in [-0.25, -0.2) is 4.98 Å². The molecule has 0 saturated heterocycles. The third-order valence-electron chi connectivity index (χ3n) is 5.61. The van der Waals surface area contributed by atoms with E-state index in [2.05, 4.69) is 12.2 Å². The highest BCUT2D eigenvalue weighted by molar-refractivity contribution is 7.99. The number of aryl methyl sites for hydroxylation is 1. The standard InChI is InChI=1S/C27H26ClN3O2S/c1-3-4-8-19-13-15-20(16-14-19)29-25(32)17-34-27-30-23-11-6-5-9-21(23)26(33)31(27)24-12-7-10-22(28)18(24)2/h5-7,9-16H,3-4,8,17H2,1-2H3,(H,29,32). The topological polar surface area (TPSA) is 64.0 Å². The molecule has 4 rings (SSSR count). The van der Waals surface area contributed by atoms with Crippen LogP contribution < -0.4 is 10.9 Å². The van der Waals surface area contributed by atoms with Crippen LogP contribution in [0.2, 0.25) is 5.02 Å². The van der Waals surface area contributed by atoms with Gasteiger partial charge in [0.15, 0.2) is 5.16 Å². The number of halogens is 1. The Hall–Kier alpha value is -3.09. The molecule has 0 saturated carbocycles. The number of hydrogen-bond donors (Lipinski definition) is 1. The lowest BCUT2D eigenvalue weighted by Gasteiger charge is -2.15. The van der Waals surface area contributed by atoms with Crippen LogP contribution in [-0.4, -0.2) is 21.2 Å². The van der Waals surface area contributed by atoms with Crippen LogP contribution in [0.4, 0.5) is 5.69 Å². The number of thioether (sulfide) groups is 1. The first-order valence-electron chi connectivity index (χ1n) is 11.3. The van der Waals surface area contributed by atoms with Crippen molar-refractivity contribution < 1.29 is 4.79 Å². The highest BCUT2D eigenvalue weighted by atomic mass is 35.5. The van der Waals surface area contributed by atoms with Crippen molar-refractivity contribution in [1.82, 2.24) is 9.55 Å². The number of carbonyl (C=O) groups is 1. The van der Waals surface area contributed by atoms with Crippen LogP contribution >= 0.6 is 23.4 Å². The molecule has 7 heteroatoms. The van der Waals surface area contributed by atoms with E-state index in [-0.39, 0.29) is 17.2 Å². The summed E-state index contributed by atoms with van der Waals surface area (Å²) in [4.78, 5) is 30.8. The van der Waals surface area contributed by atoms with Crippen molar-refractivity contribution in [1.29, 1.82) is 0 Å². The second-order valence-corrected chi connectivity index (χ2v) is 9.42. The number of fused-ring (bicyclic) bond motifs is 1. The average Bonchev–Trinajstić information content (AvgIpc) is 2.84. The number of para-hydroxylation sites is 1. The molecule has 0 radical (unpaired) electrons. The summed E-state index contributed by atoms with van der Waals surface area (Å²) in [5.41, 5.74) is 3.84. The van der Waals surface area contributed by atoms with Gasteiger partial charge in [0.05, 0.1) is 22.3 Å². The molecule has 5 nitrogen and oxygen atoms in total. The molecular weight excluding hydrogens is 466 g/mol. The highest BCUT2D eigenvalue weighted by Crippen LogP contribution is 2.26. The van der Waals surface area contributed by atoms with Gasteiger partial charge in [-0.2, -0.15) is 0 Å². The number of rotatable bonds is 8. The Morgan fingerprint density at radius 3 is 2.59 bits per heavy atom. The number of amides is 1. The first-order chi connectivity index (χ1) is 16.5. The summed E-state index contributed by atoms with van der Waals surface area (Å²) in [6.07, 6.45) is 3.34. The minimum atomic E-state index is -0.193. The Balaban J connectivity index is 1.59. The monoisotopic (exact) mass is 491 g/mol. The minimum Gasteiger partial charge on any atom is -0.325 e. The number of hydrogen-bond acceptors (Lipinski definition) is 4. The summed E-state index contributed by atoms with van der Waals surface area (Å²) >= 11 is 7.56. The summed E-state index contributed by atoms with van der Waals surface area (Å²) in [7, 11) is 0. The Morgan fingerprint density at radius 2 is 1.82 bits per heavy atom. The van der Waals surface area contributed by atoms with Crippen molar-refractivity contribution in [3.05, 3.63) is 93.2 Å². The van der Waals surface area contributed by atoms with Crippen LogP contribution in [0.25, 0.3) is 16.6 Å². The van der Waals surface area contributed by atoms with E-state index in [9.17, 15) is 9.59 Å². The maximum atomic E-state index is 13.4. The lowest BCUT2D eigenvalue weighted by Crippen LogP contribution is -2.23. The summed E-state index contributed by atoms with van der Waals surface area (Å²) < 4.78 is 1.55. The van der Waals surface area contributed by atoms with Crippen LogP contribution in [-0.2, 0) is 11.2 Å². The lowest BCUT2D eigenvalue weighted by molar-refractivity contribution is -0.113. The van der Waals surface area contributed by atoms with Gasteiger partial charge < -0.3 is 5.32 Å². The van der Waals surface area contributed by atoms with Crippen LogP contribution in [0, 0.1) is 6.92 Å². The Bertz CT molecular complexity index is 1380. The van der Waals surface area contributed by atoms with Crippen LogP contribution in [0.5, 0.6) is 0 Å². The molecule has 0 unspecified atom stereocenters. The van der Waals surface area contributed by atoms with Crippen molar-refractivity contribution in [2.75, 3.05) is 11.1 Å². The zero-order valence-corrected chi connectivity index (χ0v) is 20.7. The van der Waals surface area contributed by atoms with Crippen molar-refractivity contribution in [2.24, 2.45) is 0 Å². The van der Waals surface area contributed by atoms with Crippen LogP contribution in [0.15, 0.2) is 76.7 Å². The molecule has 174 valence electrons. The third-order valence-corrected chi connectivity index (χ3v) is 6.96. The number of nitrogens with one attached hydrogen (secondary N) is 1. The number of anilines is 1. The van der Waals surface area contributed by atoms with Crippen LogP contribution in [0.3, 0.4) is 0 Å². The molecule has 0 bridgehead atoms. The van der Waals surface area contributed by atoms with E-state index in [1.165, 1.54) is 17.3 Å². The van der Waals surface area contributed by atoms with Crippen molar-refractivity contribution in [3.63, 3.8) is 0 Å². The molecule has 1 N–H and O–H groups in total. The molecule has 1 aromatic heterocycles. The Morgan fingerprint density at radius 1 is 1.06 bits per heavy atom. The molecule has 0 atom stereocenters. The van der Waals surface area contributed by atoms with E-state index in [1.54, 1.807) is 28.8 Å². The zero-order chi connectivity index (χ0) is 24.1. The quantitative estimate of drug-likeness (QED) is 0.228. The van der Waals surface area contributed by atoms with Crippen molar-refractivity contribution >= 4 is 45.9 Å². The molecule has 4 aromatic rings. The fourth-order valence-corrected chi connectivity index (χ4v) is 4.70. The summed E-state index contributed by atoms with van der Waals surface area (Å²) in [6, 6.07) is 20.6. The van der Waals surface area contributed by atoms with Gasteiger partial charge in [0.25, 0.3) is 5.56 Å². The molecule has 3 aromatic carbocycles. The number of carbonyl (C=O) groups excluding carboxylic acids is 1. The lowest BCUT2D eigenvalue weighted by atomic mass is 10.1. The van der Waals surface area contributed by atoms with E-state index in [0.29, 0.717) is 26.8 Å². The average molecular weight is 492 g/mol. The molecule has 0 aliphatic heterocycles. The maximum Gasteiger partial charge on any atom is 0.266 e. The van der Waals surface area contributed by atoms with Crippen LogP contribution in [0.1, 0.15) is 30.9 Å². The number of nitrogens with zero attached hydrogens (tertiary/aromatic N) is 2. The first kappa shape index (κ1) is 24.0. The van der Waals surface area contributed by atoms with Crippen molar-refractivity contribution in [3.8, 4) is 5.69 Å². The number of unbranched alkanes of at least 4 members (excludes halogenated alkanes) is 1. The van der Waals surface area contributed by atoms with E-state index >= 15 is 0 Å². The number of aromatic nitrogens is 2. The van der Waals surface area contributed by atoms with Gasteiger partial charge in [-0.1, -0.05) is 67.0 Å².